The lowest BCUT2D eigenvalue weighted by molar-refractivity contribution is -0.0418. The third-order valence-electron chi connectivity index (χ3n) is 14.5. The molecule has 0 spiro atoms. The van der Waals surface area contributed by atoms with Crippen LogP contribution in [0.3, 0.4) is 0 Å². The molecule has 7 aromatic carbocycles. The molecule has 0 N–H and O–H groups in total. The Bertz CT molecular complexity index is 2480. The molecule has 1 aliphatic heterocycles. The number of anilines is 6. The molecular weight excluding hydrogens is 705 g/mol. The fraction of sp³-hybridized carbons (Fsp3) is 0.222. The summed E-state index contributed by atoms with van der Waals surface area (Å²) >= 11 is 0. The van der Waals surface area contributed by atoms with Crippen molar-refractivity contribution in [2.45, 2.75) is 50.6 Å². The highest BCUT2D eigenvalue weighted by Crippen LogP contribution is 2.65. The van der Waals surface area contributed by atoms with Crippen molar-refractivity contribution in [1.82, 2.24) is 0 Å². The van der Waals surface area contributed by atoms with Crippen molar-refractivity contribution in [2.24, 2.45) is 23.7 Å². The molecule has 1 heterocycles. The van der Waals surface area contributed by atoms with Crippen LogP contribution in [0.5, 0.6) is 0 Å². The topological polar surface area (TPSA) is 6.48 Å². The van der Waals surface area contributed by atoms with E-state index in [1.54, 1.807) is 5.19 Å². The zero-order valence-electron chi connectivity index (χ0n) is 33.1. The van der Waals surface area contributed by atoms with Crippen LogP contribution in [0, 0.1) is 23.7 Å². The van der Waals surface area contributed by atoms with Gasteiger partial charge in [-0.1, -0.05) is 128 Å². The van der Waals surface area contributed by atoms with Gasteiger partial charge in [-0.25, -0.2) is 0 Å². The highest BCUT2D eigenvalue weighted by Gasteiger charge is 2.58. The van der Waals surface area contributed by atoms with Crippen LogP contribution in [0.25, 0.3) is 11.1 Å². The van der Waals surface area contributed by atoms with E-state index in [2.05, 4.69) is 205 Å². The SMILES string of the molecule is C[Si]1(C)c2ccccc2-c2c(N(c3ccccc3)c3ccc(C4(c5ccc(N(c6ccccc6)c6ccccc6)cc5)C5CC6CC(C5)CC4C6)cc3)cccc21. The van der Waals surface area contributed by atoms with E-state index in [9.17, 15) is 0 Å². The minimum atomic E-state index is -1.83. The third-order valence-corrected chi connectivity index (χ3v) is 18.0. The van der Waals surface area contributed by atoms with Crippen LogP contribution in [-0.2, 0) is 5.41 Å². The van der Waals surface area contributed by atoms with Crippen LogP contribution in [0.1, 0.15) is 43.2 Å². The Labute approximate surface area is 339 Å². The summed E-state index contributed by atoms with van der Waals surface area (Å²) in [7, 11) is -1.83. The molecule has 4 aliphatic carbocycles. The summed E-state index contributed by atoms with van der Waals surface area (Å²) in [6.07, 6.45) is 6.84. The second-order valence-electron chi connectivity index (χ2n) is 17.8. The molecule has 0 aromatic heterocycles. The molecule has 3 heteroatoms. The summed E-state index contributed by atoms with van der Waals surface area (Å²) in [4.78, 5) is 4.91. The molecule has 0 unspecified atom stereocenters. The normalized spacial score (nSPS) is 23.5. The summed E-state index contributed by atoms with van der Waals surface area (Å²) in [6, 6.07) is 68.6. The van der Waals surface area contributed by atoms with Gasteiger partial charge in [-0.3, -0.25) is 0 Å². The summed E-state index contributed by atoms with van der Waals surface area (Å²) in [5, 5.41) is 3.08. The molecule has 0 saturated heterocycles. The summed E-state index contributed by atoms with van der Waals surface area (Å²) in [5.74, 6) is 3.10. The van der Waals surface area contributed by atoms with Gasteiger partial charge in [0.15, 0.2) is 0 Å². The molecule has 4 fully saturated rings. The van der Waals surface area contributed by atoms with Crippen LogP contribution in [0.2, 0.25) is 13.1 Å². The predicted octanol–water partition coefficient (Wildman–Crippen LogP) is 13.2. The van der Waals surface area contributed by atoms with Gasteiger partial charge in [0, 0.05) is 39.4 Å². The first-order valence-electron chi connectivity index (χ1n) is 21.2. The van der Waals surface area contributed by atoms with Crippen molar-refractivity contribution in [3.63, 3.8) is 0 Å². The Morgan fingerprint density at radius 3 is 1.35 bits per heavy atom. The minimum Gasteiger partial charge on any atom is -0.311 e. The van der Waals surface area contributed by atoms with Crippen molar-refractivity contribution in [3.8, 4) is 11.1 Å². The Kier molecular flexibility index (Phi) is 8.19. The average molecular weight is 755 g/mol. The Morgan fingerprint density at radius 2 is 0.825 bits per heavy atom. The Balaban J connectivity index is 1.03. The smallest absolute Gasteiger partial charge is 0.113 e. The molecule has 57 heavy (non-hydrogen) atoms. The van der Waals surface area contributed by atoms with Crippen LogP contribution < -0.4 is 20.2 Å². The largest absolute Gasteiger partial charge is 0.311 e. The quantitative estimate of drug-likeness (QED) is 0.143. The maximum absolute atomic E-state index is 2.53. The zero-order valence-corrected chi connectivity index (χ0v) is 34.1. The first kappa shape index (κ1) is 34.6. The lowest BCUT2D eigenvalue weighted by Gasteiger charge is -2.62. The predicted molar refractivity (Wildman–Crippen MR) is 242 cm³/mol. The maximum atomic E-state index is 2.53. The molecular formula is C54H50N2Si. The van der Waals surface area contributed by atoms with Crippen LogP contribution in [0.4, 0.5) is 34.1 Å². The van der Waals surface area contributed by atoms with E-state index in [-0.39, 0.29) is 5.41 Å². The fourth-order valence-corrected chi connectivity index (χ4v) is 15.4. The summed E-state index contributed by atoms with van der Waals surface area (Å²) in [5.41, 5.74) is 13.1. The molecule has 4 saturated carbocycles. The van der Waals surface area contributed by atoms with E-state index in [0.29, 0.717) is 11.8 Å². The number of benzene rings is 7. The van der Waals surface area contributed by atoms with E-state index in [1.165, 1.54) is 93.7 Å². The molecule has 12 rings (SSSR count). The van der Waals surface area contributed by atoms with Gasteiger partial charge in [-0.15, -0.1) is 0 Å². The molecule has 0 radical (unpaired) electrons. The highest BCUT2D eigenvalue weighted by molar-refractivity contribution is 7.04. The molecule has 7 aromatic rings. The molecule has 5 aliphatic rings. The standard InChI is InChI=1S/C54H50N2Si/c1-57(2)51-23-13-12-21-49(51)53-50(22-14-24-52(53)57)56(46-19-10-5-11-20-46)48-31-27-41(28-32-48)54(42-34-38-33-39(36-42)37-43(54)35-38)40-25-29-47(30-26-40)55(44-15-6-3-7-16-44)45-17-8-4-9-18-45/h3-32,38-39,42-43H,33-37H2,1-2H3. The van der Waals surface area contributed by atoms with E-state index in [4.69, 9.17) is 0 Å². The zero-order chi connectivity index (χ0) is 38.1. The molecule has 0 atom stereocenters. The highest BCUT2D eigenvalue weighted by atomic mass is 28.3. The number of hydrogen-bond donors (Lipinski definition) is 0. The lowest BCUT2D eigenvalue weighted by Crippen LogP contribution is -2.56. The van der Waals surface area contributed by atoms with Crippen LogP contribution >= 0.6 is 0 Å². The van der Waals surface area contributed by atoms with E-state index in [1.807, 2.05) is 0 Å². The molecule has 2 nitrogen and oxygen atoms in total. The van der Waals surface area contributed by atoms with Gasteiger partial charge in [-0.2, -0.15) is 0 Å². The van der Waals surface area contributed by atoms with Gasteiger partial charge < -0.3 is 9.80 Å². The van der Waals surface area contributed by atoms with E-state index < -0.39 is 8.07 Å². The van der Waals surface area contributed by atoms with Crippen LogP contribution in [0.15, 0.2) is 182 Å². The minimum absolute atomic E-state index is 0.00887. The van der Waals surface area contributed by atoms with Gasteiger partial charge >= 0.3 is 0 Å². The van der Waals surface area contributed by atoms with Crippen molar-refractivity contribution in [1.29, 1.82) is 0 Å². The van der Waals surface area contributed by atoms with Gasteiger partial charge in [0.2, 0.25) is 0 Å². The number of nitrogens with zero attached hydrogens (tertiary/aromatic N) is 2. The van der Waals surface area contributed by atoms with Gasteiger partial charge in [0.05, 0.1) is 5.69 Å². The van der Waals surface area contributed by atoms with Crippen molar-refractivity contribution in [3.05, 3.63) is 193 Å². The Morgan fingerprint density at radius 1 is 0.404 bits per heavy atom. The van der Waals surface area contributed by atoms with E-state index >= 15 is 0 Å². The van der Waals surface area contributed by atoms with Crippen molar-refractivity contribution >= 4 is 52.6 Å². The first-order chi connectivity index (χ1) is 28.0. The maximum Gasteiger partial charge on any atom is 0.113 e. The van der Waals surface area contributed by atoms with Gasteiger partial charge in [0.1, 0.15) is 8.07 Å². The fourth-order valence-electron chi connectivity index (χ4n) is 12.3. The van der Waals surface area contributed by atoms with Gasteiger partial charge in [0.25, 0.3) is 0 Å². The number of para-hydroxylation sites is 3. The van der Waals surface area contributed by atoms with Gasteiger partial charge in [-0.05, 0) is 150 Å². The summed E-state index contributed by atoms with van der Waals surface area (Å²) < 4.78 is 0. The van der Waals surface area contributed by atoms with Crippen molar-refractivity contribution < 1.29 is 0 Å². The molecule has 280 valence electrons. The monoisotopic (exact) mass is 754 g/mol. The van der Waals surface area contributed by atoms with E-state index in [0.717, 1.165) is 11.8 Å². The lowest BCUT2D eigenvalue weighted by atomic mass is 9.42. The second kappa shape index (κ2) is 13.5. The first-order valence-corrected chi connectivity index (χ1v) is 24.2. The average Bonchev–Trinajstić information content (AvgIpc) is 3.49. The summed E-state index contributed by atoms with van der Waals surface area (Å²) in [6.45, 7) is 5.03. The molecule has 4 bridgehead atoms. The number of rotatable bonds is 8. The van der Waals surface area contributed by atoms with Crippen LogP contribution in [-0.4, -0.2) is 8.07 Å². The number of fused-ring (bicyclic) bond motifs is 3. The third kappa shape index (κ3) is 5.42. The Hall–Kier alpha value is -5.64. The number of hydrogen-bond acceptors (Lipinski definition) is 2. The van der Waals surface area contributed by atoms with Crippen molar-refractivity contribution in [2.75, 3.05) is 9.80 Å². The second-order valence-corrected chi connectivity index (χ2v) is 22.1. The molecule has 0 amide bonds.